The van der Waals surface area contributed by atoms with Crippen LogP contribution in [0.5, 0.6) is 11.5 Å². The van der Waals surface area contributed by atoms with Gasteiger partial charge in [-0.3, -0.25) is 9.59 Å². The molecule has 29 heavy (non-hydrogen) atoms. The fraction of sp³-hybridized carbons (Fsp3) is 0.545. The number of benzene rings is 1. The van der Waals surface area contributed by atoms with E-state index in [0.717, 1.165) is 31.2 Å². The summed E-state index contributed by atoms with van der Waals surface area (Å²) in [6, 6.07) is 3.16. The molecule has 7 nitrogen and oxygen atoms in total. The summed E-state index contributed by atoms with van der Waals surface area (Å²) in [5, 5.41) is 6.49. The third kappa shape index (κ3) is 4.83. The number of ether oxygens (including phenoxy) is 2. The van der Waals surface area contributed by atoms with Crippen molar-refractivity contribution in [2.75, 3.05) is 33.1 Å². The van der Waals surface area contributed by atoms with Crippen molar-refractivity contribution < 1.29 is 19.1 Å². The second kappa shape index (κ2) is 9.67. The Balaban J connectivity index is 1.86. The minimum absolute atomic E-state index is 0.126. The number of likely N-dealkylation sites (N-methyl/N-ethyl adjacent to an activating group) is 1. The van der Waals surface area contributed by atoms with Gasteiger partial charge in [0.2, 0.25) is 11.8 Å². The molecule has 158 valence electrons. The van der Waals surface area contributed by atoms with Crippen molar-refractivity contribution in [1.82, 2.24) is 10.2 Å². The highest BCUT2D eigenvalue weighted by molar-refractivity contribution is 5.97. The van der Waals surface area contributed by atoms with E-state index in [9.17, 15) is 9.59 Å². The standard InChI is InChI=1S/C22H31N3O4/c1-25-17(22(27)24-15-8-6-4-5-7-9-15)14-23-21-16(10-13-20(25)26)18(28-2)11-12-19(21)29-3/h10-13,15,17,23H,4-9,14H2,1-3H3,(H,24,27)/b13-10+. The van der Waals surface area contributed by atoms with E-state index in [1.165, 1.54) is 23.8 Å². The van der Waals surface area contributed by atoms with Gasteiger partial charge in [0.25, 0.3) is 0 Å². The molecule has 0 spiro atoms. The molecular formula is C22H31N3O4. The summed E-state index contributed by atoms with van der Waals surface area (Å²) in [6.45, 7) is 0.277. The Morgan fingerprint density at radius 2 is 1.72 bits per heavy atom. The lowest BCUT2D eigenvalue weighted by Crippen LogP contribution is -2.52. The second-order valence-electron chi connectivity index (χ2n) is 7.64. The Labute approximate surface area is 172 Å². The molecule has 0 radical (unpaired) electrons. The number of rotatable bonds is 4. The highest BCUT2D eigenvalue weighted by Gasteiger charge is 2.29. The van der Waals surface area contributed by atoms with Crippen LogP contribution in [0, 0.1) is 0 Å². The number of fused-ring (bicyclic) bond motifs is 1. The van der Waals surface area contributed by atoms with Gasteiger partial charge in [0, 0.05) is 31.3 Å². The SMILES string of the molecule is COc1ccc(OC)c2c1/C=C/C(=O)N(C)C(C(=O)NC1CCCCCC1)CN2. The quantitative estimate of drug-likeness (QED) is 0.759. The van der Waals surface area contributed by atoms with Crippen molar-refractivity contribution in [2.24, 2.45) is 0 Å². The van der Waals surface area contributed by atoms with Crippen LogP contribution in [0.1, 0.15) is 44.1 Å². The topological polar surface area (TPSA) is 79.9 Å². The molecule has 1 aromatic rings. The van der Waals surface area contributed by atoms with Gasteiger partial charge in [0.1, 0.15) is 17.5 Å². The first-order valence-corrected chi connectivity index (χ1v) is 10.3. The van der Waals surface area contributed by atoms with E-state index in [4.69, 9.17) is 9.47 Å². The van der Waals surface area contributed by atoms with Crippen molar-refractivity contribution in [3.8, 4) is 11.5 Å². The fourth-order valence-corrected chi connectivity index (χ4v) is 4.03. The van der Waals surface area contributed by atoms with Crippen molar-refractivity contribution in [2.45, 2.75) is 50.6 Å². The maximum absolute atomic E-state index is 13.1. The summed E-state index contributed by atoms with van der Waals surface area (Å²) in [4.78, 5) is 27.3. The average molecular weight is 402 g/mol. The zero-order valence-corrected chi connectivity index (χ0v) is 17.5. The molecule has 2 N–H and O–H groups in total. The van der Waals surface area contributed by atoms with Crippen LogP contribution in [0.3, 0.4) is 0 Å². The predicted octanol–water partition coefficient (Wildman–Crippen LogP) is 2.81. The van der Waals surface area contributed by atoms with Gasteiger partial charge in [-0.25, -0.2) is 0 Å². The average Bonchev–Trinajstić information content (AvgIpc) is 2.97. The van der Waals surface area contributed by atoms with Crippen LogP contribution < -0.4 is 20.1 Å². The Morgan fingerprint density at radius 1 is 1.07 bits per heavy atom. The molecule has 2 amide bonds. The van der Waals surface area contributed by atoms with Gasteiger partial charge in [0.15, 0.2) is 0 Å². The minimum atomic E-state index is -0.628. The van der Waals surface area contributed by atoms with E-state index in [-0.39, 0.29) is 24.4 Å². The van der Waals surface area contributed by atoms with Gasteiger partial charge < -0.3 is 25.0 Å². The second-order valence-corrected chi connectivity index (χ2v) is 7.64. The van der Waals surface area contributed by atoms with Gasteiger partial charge in [-0.05, 0) is 31.1 Å². The Hall–Kier alpha value is -2.70. The number of anilines is 1. The van der Waals surface area contributed by atoms with E-state index in [2.05, 4.69) is 10.6 Å². The molecule has 1 unspecified atom stereocenters. The zero-order chi connectivity index (χ0) is 20.8. The summed E-state index contributed by atoms with van der Waals surface area (Å²) in [5.41, 5.74) is 1.43. The summed E-state index contributed by atoms with van der Waals surface area (Å²) in [7, 11) is 4.84. The van der Waals surface area contributed by atoms with Gasteiger partial charge in [-0.2, -0.15) is 0 Å². The molecular weight excluding hydrogens is 370 g/mol. The summed E-state index contributed by atoms with van der Waals surface area (Å²) in [5.74, 6) is 0.899. The van der Waals surface area contributed by atoms with Crippen LogP contribution in [-0.2, 0) is 9.59 Å². The number of nitrogens with one attached hydrogen (secondary N) is 2. The molecule has 2 aliphatic rings. The lowest BCUT2D eigenvalue weighted by Gasteiger charge is -2.29. The van der Waals surface area contributed by atoms with E-state index < -0.39 is 6.04 Å². The predicted molar refractivity (Wildman–Crippen MR) is 113 cm³/mol. The molecule has 1 aliphatic heterocycles. The van der Waals surface area contributed by atoms with Crippen LogP contribution in [0.15, 0.2) is 18.2 Å². The van der Waals surface area contributed by atoms with Gasteiger partial charge >= 0.3 is 0 Å². The van der Waals surface area contributed by atoms with Crippen LogP contribution in [0.2, 0.25) is 0 Å². The number of methoxy groups -OCH3 is 2. The molecule has 0 bridgehead atoms. The van der Waals surface area contributed by atoms with Crippen molar-refractivity contribution >= 4 is 23.6 Å². The molecule has 7 heteroatoms. The van der Waals surface area contributed by atoms with E-state index in [1.807, 2.05) is 6.07 Å². The smallest absolute Gasteiger partial charge is 0.247 e. The lowest BCUT2D eigenvalue weighted by molar-refractivity contribution is -0.135. The number of nitrogens with zero attached hydrogens (tertiary/aromatic N) is 1. The molecule has 1 heterocycles. The Bertz CT molecular complexity index is 770. The Kier molecular flexibility index (Phi) is 7.01. The minimum Gasteiger partial charge on any atom is -0.496 e. The molecule has 1 fully saturated rings. The first-order valence-electron chi connectivity index (χ1n) is 10.3. The van der Waals surface area contributed by atoms with Crippen LogP contribution in [0.25, 0.3) is 6.08 Å². The third-order valence-electron chi connectivity index (χ3n) is 5.79. The first kappa shape index (κ1) is 21.0. The van der Waals surface area contributed by atoms with Gasteiger partial charge in [0.05, 0.1) is 19.9 Å². The monoisotopic (exact) mass is 401 g/mol. The third-order valence-corrected chi connectivity index (χ3v) is 5.79. The van der Waals surface area contributed by atoms with Crippen LogP contribution in [-0.4, -0.2) is 56.6 Å². The molecule has 1 atom stereocenters. The molecule has 1 aromatic carbocycles. The van der Waals surface area contributed by atoms with Crippen LogP contribution >= 0.6 is 0 Å². The Morgan fingerprint density at radius 3 is 2.38 bits per heavy atom. The molecule has 3 rings (SSSR count). The number of hydrogen-bond donors (Lipinski definition) is 2. The number of amides is 2. The highest BCUT2D eigenvalue weighted by Crippen LogP contribution is 2.37. The molecule has 1 aliphatic carbocycles. The maximum Gasteiger partial charge on any atom is 0.247 e. The van der Waals surface area contributed by atoms with Gasteiger partial charge in [-0.1, -0.05) is 25.7 Å². The molecule has 1 saturated carbocycles. The summed E-state index contributed by atoms with van der Waals surface area (Å²) >= 11 is 0. The number of carbonyl (C=O) groups is 2. The van der Waals surface area contributed by atoms with E-state index in [1.54, 1.807) is 33.4 Å². The van der Waals surface area contributed by atoms with E-state index in [0.29, 0.717) is 17.2 Å². The van der Waals surface area contributed by atoms with E-state index >= 15 is 0 Å². The van der Waals surface area contributed by atoms with Crippen molar-refractivity contribution in [1.29, 1.82) is 0 Å². The van der Waals surface area contributed by atoms with Gasteiger partial charge in [-0.15, -0.1) is 0 Å². The first-order chi connectivity index (χ1) is 14.0. The summed E-state index contributed by atoms with van der Waals surface area (Å²) in [6.07, 6.45) is 9.88. The largest absolute Gasteiger partial charge is 0.496 e. The number of carbonyl (C=O) groups excluding carboxylic acids is 2. The fourth-order valence-electron chi connectivity index (χ4n) is 4.03. The van der Waals surface area contributed by atoms with Crippen molar-refractivity contribution in [3.63, 3.8) is 0 Å². The summed E-state index contributed by atoms with van der Waals surface area (Å²) < 4.78 is 10.9. The molecule has 0 aromatic heterocycles. The molecule has 0 saturated heterocycles. The normalized spacial score (nSPS) is 21.6. The maximum atomic E-state index is 13.1. The zero-order valence-electron chi connectivity index (χ0n) is 17.5. The van der Waals surface area contributed by atoms with Crippen LogP contribution in [0.4, 0.5) is 5.69 Å². The highest BCUT2D eigenvalue weighted by atomic mass is 16.5. The van der Waals surface area contributed by atoms with Crippen molar-refractivity contribution in [3.05, 3.63) is 23.8 Å². The number of hydrogen-bond acceptors (Lipinski definition) is 5. The lowest BCUT2D eigenvalue weighted by atomic mass is 10.1.